The molecular formula is C21H21ClN2O3. The third-order valence-corrected chi connectivity index (χ3v) is 4.63. The lowest BCUT2D eigenvalue weighted by molar-refractivity contribution is -0.117. The summed E-state index contributed by atoms with van der Waals surface area (Å²) in [5, 5.41) is 15.5. The van der Waals surface area contributed by atoms with Crippen molar-refractivity contribution in [2.45, 2.75) is 6.54 Å². The summed E-state index contributed by atoms with van der Waals surface area (Å²) in [5.41, 5.74) is 1.33. The summed E-state index contributed by atoms with van der Waals surface area (Å²) < 4.78 is 5.29. The lowest BCUT2D eigenvalue weighted by Gasteiger charge is -2.19. The number of carbonyl (C=O) groups is 1. The number of para-hydroxylation sites is 1. The smallest absolute Gasteiger partial charge is 0.238 e. The predicted molar refractivity (Wildman–Crippen MR) is 109 cm³/mol. The number of nitrogens with zero attached hydrogens (tertiary/aromatic N) is 1. The molecule has 1 amide bonds. The molecule has 0 radical (unpaired) electrons. The van der Waals surface area contributed by atoms with Crippen molar-refractivity contribution in [3.8, 4) is 11.5 Å². The molecule has 27 heavy (non-hydrogen) atoms. The van der Waals surface area contributed by atoms with Crippen LogP contribution in [0.2, 0.25) is 5.02 Å². The number of amides is 1. The molecule has 0 spiro atoms. The Bertz CT molecular complexity index is 975. The number of hydrogen-bond acceptors (Lipinski definition) is 4. The first kappa shape index (κ1) is 19.0. The van der Waals surface area contributed by atoms with Gasteiger partial charge < -0.3 is 15.2 Å². The molecule has 0 aliphatic carbocycles. The molecular weight excluding hydrogens is 364 g/mol. The molecule has 0 aromatic heterocycles. The molecule has 0 aliphatic rings. The maximum atomic E-state index is 12.3. The minimum atomic E-state index is -0.178. The maximum Gasteiger partial charge on any atom is 0.238 e. The zero-order chi connectivity index (χ0) is 19.4. The summed E-state index contributed by atoms with van der Waals surface area (Å²) in [5.74, 6) is 0.727. The van der Waals surface area contributed by atoms with E-state index in [0.717, 1.165) is 16.3 Å². The number of benzene rings is 3. The van der Waals surface area contributed by atoms with Crippen molar-refractivity contribution in [1.29, 1.82) is 0 Å². The van der Waals surface area contributed by atoms with Crippen LogP contribution in [0.5, 0.6) is 11.5 Å². The fraction of sp³-hybridized carbons (Fsp3) is 0.190. The summed E-state index contributed by atoms with van der Waals surface area (Å²) in [6, 6.07) is 16.3. The summed E-state index contributed by atoms with van der Waals surface area (Å²) in [6.45, 7) is 0.567. The Hall–Kier alpha value is -2.76. The van der Waals surface area contributed by atoms with Gasteiger partial charge >= 0.3 is 0 Å². The first-order chi connectivity index (χ1) is 13.0. The molecule has 0 saturated heterocycles. The number of methoxy groups -OCH3 is 1. The van der Waals surface area contributed by atoms with Crippen LogP contribution < -0.4 is 10.1 Å². The van der Waals surface area contributed by atoms with Gasteiger partial charge in [0.15, 0.2) is 0 Å². The second kappa shape index (κ2) is 8.29. The second-order valence-corrected chi connectivity index (χ2v) is 6.76. The highest BCUT2D eigenvalue weighted by Gasteiger charge is 2.14. The van der Waals surface area contributed by atoms with Crippen molar-refractivity contribution < 1.29 is 14.6 Å². The number of likely N-dealkylation sites (N-methyl/N-ethyl adjacent to an activating group) is 1. The average Bonchev–Trinajstić information content (AvgIpc) is 2.65. The average molecular weight is 385 g/mol. The number of hydrogen-bond donors (Lipinski definition) is 2. The summed E-state index contributed by atoms with van der Waals surface area (Å²) in [4.78, 5) is 14.2. The zero-order valence-electron chi connectivity index (χ0n) is 15.2. The molecule has 0 saturated carbocycles. The fourth-order valence-electron chi connectivity index (χ4n) is 2.97. The van der Waals surface area contributed by atoms with Crippen LogP contribution in [0.4, 0.5) is 5.69 Å². The van der Waals surface area contributed by atoms with E-state index in [1.54, 1.807) is 25.3 Å². The quantitative estimate of drug-likeness (QED) is 0.666. The number of rotatable bonds is 6. The number of fused-ring (bicyclic) bond motifs is 1. The molecule has 2 N–H and O–H groups in total. The van der Waals surface area contributed by atoms with Crippen LogP contribution >= 0.6 is 11.6 Å². The van der Waals surface area contributed by atoms with Crippen molar-refractivity contribution in [2.75, 3.05) is 26.0 Å². The highest BCUT2D eigenvalue weighted by molar-refractivity contribution is 6.33. The Morgan fingerprint density at radius 1 is 1.19 bits per heavy atom. The van der Waals surface area contributed by atoms with Crippen LogP contribution in [0, 0.1) is 0 Å². The molecule has 5 nitrogen and oxygen atoms in total. The molecule has 0 heterocycles. The standard InChI is InChI=1S/C21H21ClN2O3/c1-24(13-21(26)23-19-6-4-3-5-18(19)22)12-17-16-11-15(27-2)9-7-14(16)8-10-20(17)25/h3-11,25H,12-13H2,1-2H3,(H,23,26). The SMILES string of the molecule is COc1ccc2ccc(O)c(CN(C)CC(=O)Nc3ccccc3Cl)c2c1. The summed E-state index contributed by atoms with van der Waals surface area (Å²) >= 11 is 6.08. The van der Waals surface area contributed by atoms with Crippen molar-refractivity contribution in [2.24, 2.45) is 0 Å². The van der Waals surface area contributed by atoms with Gasteiger partial charge in [0.05, 0.1) is 24.4 Å². The normalized spacial score (nSPS) is 11.0. The van der Waals surface area contributed by atoms with Gasteiger partial charge in [-0.3, -0.25) is 9.69 Å². The van der Waals surface area contributed by atoms with Crippen LogP contribution in [0.1, 0.15) is 5.56 Å². The largest absolute Gasteiger partial charge is 0.508 e. The lowest BCUT2D eigenvalue weighted by atomic mass is 10.0. The van der Waals surface area contributed by atoms with Crippen molar-refractivity contribution in [3.63, 3.8) is 0 Å². The highest BCUT2D eigenvalue weighted by atomic mass is 35.5. The van der Waals surface area contributed by atoms with E-state index in [1.807, 2.05) is 48.3 Å². The number of aromatic hydroxyl groups is 1. The van der Waals surface area contributed by atoms with Crippen molar-refractivity contribution >= 4 is 34.0 Å². The molecule has 3 aromatic carbocycles. The minimum absolute atomic E-state index is 0.158. The van der Waals surface area contributed by atoms with Crippen LogP contribution in [-0.4, -0.2) is 36.6 Å². The number of halogens is 1. The molecule has 0 unspecified atom stereocenters. The Morgan fingerprint density at radius 2 is 1.93 bits per heavy atom. The van der Waals surface area contributed by atoms with E-state index >= 15 is 0 Å². The van der Waals surface area contributed by atoms with Gasteiger partial charge in [-0.25, -0.2) is 0 Å². The van der Waals surface area contributed by atoms with Gasteiger partial charge in [-0.2, -0.15) is 0 Å². The molecule has 0 fully saturated rings. The number of nitrogens with one attached hydrogen (secondary N) is 1. The van der Waals surface area contributed by atoms with Crippen molar-refractivity contribution in [1.82, 2.24) is 4.90 Å². The van der Waals surface area contributed by atoms with Gasteiger partial charge in [-0.15, -0.1) is 0 Å². The number of phenols is 1. The van der Waals surface area contributed by atoms with Gasteiger partial charge in [-0.1, -0.05) is 35.9 Å². The molecule has 0 atom stereocenters. The lowest BCUT2D eigenvalue weighted by Crippen LogP contribution is -2.30. The van der Waals surface area contributed by atoms with Crippen LogP contribution in [0.3, 0.4) is 0 Å². The first-order valence-electron chi connectivity index (χ1n) is 8.49. The van der Waals surface area contributed by atoms with Gasteiger partial charge in [0, 0.05) is 12.1 Å². The van der Waals surface area contributed by atoms with Gasteiger partial charge in [-0.05, 0) is 48.2 Å². The molecule has 140 valence electrons. The Morgan fingerprint density at radius 3 is 2.67 bits per heavy atom. The zero-order valence-corrected chi connectivity index (χ0v) is 16.0. The Kier molecular flexibility index (Phi) is 5.84. The number of phenolic OH excluding ortho intramolecular Hbond substituents is 1. The molecule has 6 heteroatoms. The third-order valence-electron chi connectivity index (χ3n) is 4.31. The van der Waals surface area contributed by atoms with E-state index in [4.69, 9.17) is 16.3 Å². The third kappa shape index (κ3) is 4.51. The second-order valence-electron chi connectivity index (χ2n) is 6.35. The minimum Gasteiger partial charge on any atom is -0.508 e. The van der Waals surface area contributed by atoms with E-state index in [9.17, 15) is 9.90 Å². The van der Waals surface area contributed by atoms with Crippen molar-refractivity contribution in [3.05, 3.63) is 65.2 Å². The monoisotopic (exact) mass is 384 g/mol. The van der Waals surface area contributed by atoms with Crippen LogP contribution in [0.15, 0.2) is 54.6 Å². The maximum absolute atomic E-state index is 12.3. The summed E-state index contributed by atoms with van der Waals surface area (Å²) in [6.07, 6.45) is 0. The van der Waals surface area contributed by atoms with Gasteiger partial charge in [0.2, 0.25) is 5.91 Å². The Labute approximate surface area is 163 Å². The topological polar surface area (TPSA) is 61.8 Å². The molecule has 0 aliphatic heterocycles. The van der Waals surface area contributed by atoms with E-state index in [2.05, 4.69) is 5.32 Å². The fourth-order valence-corrected chi connectivity index (χ4v) is 3.15. The predicted octanol–water partition coefficient (Wildman–Crippen LogP) is 4.28. The molecule has 0 bridgehead atoms. The van der Waals surface area contributed by atoms with Gasteiger partial charge in [0.25, 0.3) is 0 Å². The van der Waals surface area contributed by atoms with E-state index in [1.165, 1.54) is 0 Å². The molecule has 3 aromatic rings. The number of ether oxygens (including phenoxy) is 1. The van der Waals surface area contributed by atoms with Crippen LogP contribution in [-0.2, 0) is 11.3 Å². The van der Waals surface area contributed by atoms with E-state index in [0.29, 0.717) is 23.0 Å². The Balaban J connectivity index is 1.75. The van der Waals surface area contributed by atoms with Crippen LogP contribution in [0.25, 0.3) is 10.8 Å². The highest BCUT2D eigenvalue weighted by Crippen LogP contribution is 2.31. The van der Waals surface area contributed by atoms with E-state index < -0.39 is 0 Å². The van der Waals surface area contributed by atoms with Gasteiger partial charge in [0.1, 0.15) is 11.5 Å². The van der Waals surface area contributed by atoms with E-state index in [-0.39, 0.29) is 18.2 Å². The first-order valence-corrected chi connectivity index (χ1v) is 8.87. The summed E-state index contributed by atoms with van der Waals surface area (Å²) in [7, 11) is 3.43. The molecule has 3 rings (SSSR count). The number of anilines is 1. The number of carbonyl (C=O) groups excluding carboxylic acids is 1.